The van der Waals surface area contributed by atoms with E-state index in [1.807, 2.05) is 19.9 Å². The highest BCUT2D eigenvalue weighted by molar-refractivity contribution is 5.77. The minimum atomic E-state index is -0.702. The van der Waals surface area contributed by atoms with Crippen LogP contribution in [0.2, 0.25) is 0 Å². The average molecular weight is 352 g/mol. The first-order valence-electron chi connectivity index (χ1n) is 8.38. The van der Waals surface area contributed by atoms with Gasteiger partial charge in [0.25, 0.3) is 0 Å². The maximum Gasteiger partial charge on any atom is 0.310 e. The molecule has 1 atom stereocenters. The number of carbonyl (C=O) groups excluding carboxylic acids is 2. The summed E-state index contributed by atoms with van der Waals surface area (Å²) in [5.41, 5.74) is 0.714. The van der Waals surface area contributed by atoms with Crippen molar-refractivity contribution in [1.82, 2.24) is 10.6 Å². The van der Waals surface area contributed by atoms with Crippen molar-refractivity contribution in [2.75, 3.05) is 33.4 Å². The molecular weight excluding hydrogens is 324 g/mol. The number of nitrogens with one attached hydrogen (secondary N) is 2. The summed E-state index contributed by atoms with van der Waals surface area (Å²) in [4.78, 5) is 22.8. The molecule has 140 valence electrons. The Labute approximate surface area is 148 Å². The fourth-order valence-electron chi connectivity index (χ4n) is 2.01. The van der Waals surface area contributed by atoms with Gasteiger partial charge in [0.1, 0.15) is 18.5 Å². The second-order valence-corrected chi connectivity index (χ2v) is 5.98. The van der Waals surface area contributed by atoms with Crippen LogP contribution in [0.15, 0.2) is 24.3 Å². The summed E-state index contributed by atoms with van der Waals surface area (Å²) in [6.45, 7) is 5.19. The smallest absolute Gasteiger partial charge is 0.310 e. The van der Waals surface area contributed by atoms with Gasteiger partial charge in [-0.25, -0.2) is 0 Å². The van der Waals surface area contributed by atoms with Gasteiger partial charge >= 0.3 is 5.97 Å². The van der Waals surface area contributed by atoms with Crippen LogP contribution < -0.4 is 15.4 Å². The van der Waals surface area contributed by atoms with Gasteiger partial charge in [-0.1, -0.05) is 32.0 Å². The largest absolute Gasteiger partial charge is 0.491 e. The fraction of sp³-hybridized carbons (Fsp3) is 0.556. The van der Waals surface area contributed by atoms with Gasteiger partial charge in [-0.3, -0.25) is 9.59 Å². The van der Waals surface area contributed by atoms with Crippen LogP contribution in [0.5, 0.6) is 5.75 Å². The third-order valence-electron chi connectivity index (χ3n) is 3.47. The molecule has 1 aromatic carbocycles. The van der Waals surface area contributed by atoms with E-state index < -0.39 is 6.10 Å². The predicted molar refractivity (Wildman–Crippen MR) is 94.4 cm³/mol. The van der Waals surface area contributed by atoms with E-state index >= 15 is 0 Å². The molecule has 1 unspecified atom stereocenters. The zero-order chi connectivity index (χ0) is 18.7. The van der Waals surface area contributed by atoms with E-state index in [1.165, 1.54) is 7.11 Å². The first kappa shape index (κ1) is 20.9. The highest BCUT2D eigenvalue weighted by Gasteiger charge is 2.11. The topological polar surface area (TPSA) is 96.9 Å². The van der Waals surface area contributed by atoms with E-state index in [1.54, 1.807) is 18.2 Å². The normalized spacial score (nSPS) is 11.9. The van der Waals surface area contributed by atoms with Crippen LogP contribution in [0.4, 0.5) is 0 Å². The summed E-state index contributed by atoms with van der Waals surface area (Å²) in [7, 11) is 1.34. The molecule has 3 N–H and O–H groups in total. The van der Waals surface area contributed by atoms with Gasteiger partial charge in [-0.05, 0) is 6.07 Å². The molecule has 0 aliphatic heterocycles. The Balaban J connectivity index is 2.29. The molecule has 0 fully saturated rings. The minimum absolute atomic E-state index is 0.00731. The Morgan fingerprint density at radius 2 is 1.92 bits per heavy atom. The highest BCUT2D eigenvalue weighted by Crippen LogP contribution is 2.19. The fourth-order valence-corrected chi connectivity index (χ4v) is 2.01. The average Bonchev–Trinajstić information content (AvgIpc) is 2.60. The van der Waals surface area contributed by atoms with Gasteiger partial charge in [-0.2, -0.15) is 0 Å². The van der Waals surface area contributed by atoms with Crippen LogP contribution in [-0.4, -0.2) is 56.4 Å². The van der Waals surface area contributed by atoms with Crippen molar-refractivity contribution in [3.05, 3.63) is 29.8 Å². The Bertz CT molecular complexity index is 548. The molecule has 25 heavy (non-hydrogen) atoms. The number of esters is 1. The molecular formula is C18H28N2O5. The Morgan fingerprint density at radius 1 is 1.20 bits per heavy atom. The molecule has 0 aromatic heterocycles. The summed E-state index contributed by atoms with van der Waals surface area (Å²) >= 11 is 0. The number of aliphatic hydroxyl groups is 1. The number of methoxy groups -OCH3 is 1. The van der Waals surface area contributed by atoms with E-state index in [0.717, 1.165) is 0 Å². The molecule has 0 spiro atoms. The molecule has 0 saturated carbocycles. The van der Waals surface area contributed by atoms with Gasteiger partial charge in [0.2, 0.25) is 5.91 Å². The number of aliphatic hydroxyl groups excluding tert-OH is 1. The second-order valence-electron chi connectivity index (χ2n) is 5.98. The van der Waals surface area contributed by atoms with Crippen molar-refractivity contribution in [1.29, 1.82) is 0 Å². The third kappa shape index (κ3) is 8.51. The predicted octanol–water partition coefficient (Wildman–Crippen LogP) is 0.504. The number of amides is 1. The molecule has 1 amide bonds. The lowest BCUT2D eigenvalue weighted by Crippen LogP contribution is -2.38. The Morgan fingerprint density at radius 3 is 2.60 bits per heavy atom. The van der Waals surface area contributed by atoms with Crippen molar-refractivity contribution in [2.24, 2.45) is 5.92 Å². The van der Waals surface area contributed by atoms with Crippen molar-refractivity contribution in [2.45, 2.75) is 26.4 Å². The number of carbonyl (C=O) groups is 2. The number of hydrogen-bond donors (Lipinski definition) is 3. The molecule has 0 radical (unpaired) electrons. The van der Waals surface area contributed by atoms with E-state index in [2.05, 4.69) is 15.4 Å². The van der Waals surface area contributed by atoms with Gasteiger partial charge in [0.15, 0.2) is 0 Å². The Kier molecular flexibility index (Phi) is 9.57. The Hall–Kier alpha value is -2.12. The van der Waals surface area contributed by atoms with Crippen LogP contribution >= 0.6 is 0 Å². The lowest BCUT2D eigenvalue weighted by Gasteiger charge is -2.15. The monoisotopic (exact) mass is 352 g/mol. The first-order chi connectivity index (χ1) is 11.9. The molecule has 0 aliphatic carbocycles. The summed E-state index contributed by atoms with van der Waals surface area (Å²) in [5, 5.41) is 15.8. The van der Waals surface area contributed by atoms with Crippen molar-refractivity contribution in [3.8, 4) is 5.75 Å². The number of benzene rings is 1. The molecule has 0 heterocycles. The van der Waals surface area contributed by atoms with Gasteiger partial charge in [0, 0.05) is 31.1 Å². The number of para-hydroxylation sites is 1. The van der Waals surface area contributed by atoms with E-state index in [0.29, 0.717) is 30.9 Å². The molecule has 0 aliphatic rings. The molecule has 7 heteroatoms. The zero-order valence-corrected chi connectivity index (χ0v) is 15.1. The maximum atomic E-state index is 11.4. The summed E-state index contributed by atoms with van der Waals surface area (Å²) in [6.07, 6.45) is -0.580. The highest BCUT2D eigenvalue weighted by atomic mass is 16.5. The molecule has 1 aromatic rings. The van der Waals surface area contributed by atoms with Gasteiger partial charge in [-0.15, -0.1) is 0 Å². The SMILES string of the molecule is COC(=O)Cc1ccccc1OCC(O)CNCCNC(=O)C(C)C. The lowest BCUT2D eigenvalue weighted by molar-refractivity contribution is -0.139. The number of rotatable bonds is 11. The molecule has 1 rings (SSSR count). The van der Waals surface area contributed by atoms with Crippen LogP contribution in [-0.2, 0) is 20.7 Å². The van der Waals surface area contributed by atoms with Crippen molar-refractivity contribution in [3.63, 3.8) is 0 Å². The first-order valence-corrected chi connectivity index (χ1v) is 8.38. The van der Waals surface area contributed by atoms with Gasteiger partial charge < -0.3 is 25.2 Å². The second kappa shape index (κ2) is 11.4. The molecule has 0 saturated heterocycles. The quantitative estimate of drug-likeness (QED) is 0.396. The van der Waals surface area contributed by atoms with Crippen molar-refractivity contribution >= 4 is 11.9 Å². The van der Waals surface area contributed by atoms with Crippen molar-refractivity contribution < 1.29 is 24.2 Å². The van der Waals surface area contributed by atoms with Crippen LogP contribution in [0.25, 0.3) is 0 Å². The number of ether oxygens (including phenoxy) is 2. The lowest BCUT2D eigenvalue weighted by atomic mass is 10.1. The van der Waals surface area contributed by atoms with Crippen LogP contribution in [0.3, 0.4) is 0 Å². The van der Waals surface area contributed by atoms with E-state index in [4.69, 9.17) is 4.74 Å². The minimum Gasteiger partial charge on any atom is -0.491 e. The van der Waals surface area contributed by atoms with Crippen LogP contribution in [0.1, 0.15) is 19.4 Å². The van der Waals surface area contributed by atoms with E-state index in [9.17, 15) is 14.7 Å². The summed E-state index contributed by atoms with van der Waals surface area (Å²) < 4.78 is 10.3. The summed E-state index contributed by atoms with van der Waals surface area (Å²) in [5.74, 6) is 0.176. The van der Waals surface area contributed by atoms with E-state index in [-0.39, 0.29) is 30.8 Å². The third-order valence-corrected chi connectivity index (χ3v) is 3.47. The van der Waals surface area contributed by atoms with Crippen LogP contribution in [0, 0.1) is 5.92 Å². The zero-order valence-electron chi connectivity index (χ0n) is 15.1. The standard InChI is InChI=1S/C18H28N2O5/c1-13(2)18(23)20-9-8-19-11-15(21)12-25-16-7-5-4-6-14(16)10-17(22)24-3/h4-7,13,15,19,21H,8-12H2,1-3H3,(H,20,23). The maximum absolute atomic E-state index is 11.4. The number of hydrogen-bond acceptors (Lipinski definition) is 6. The van der Waals surface area contributed by atoms with Gasteiger partial charge in [0.05, 0.1) is 13.5 Å². The summed E-state index contributed by atoms with van der Waals surface area (Å²) in [6, 6.07) is 7.15. The molecule has 7 nitrogen and oxygen atoms in total. The molecule has 0 bridgehead atoms.